The Hall–Kier alpha value is -9.83. The summed E-state index contributed by atoms with van der Waals surface area (Å²) in [6.45, 7) is 24.1. The number of aromatic nitrogens is 5. The van der Waals surface area contributed by atoms with Crippen LogP contribution in [0.4, 0.5) is 42.2 Å². The van der Waals surface area contributed by atoms with Gasteiger partial charge in [0.05, 0.1) is 17.4 Å². The van der Waals surface area contributed by atoms with Crippen molar-refractivity contribution in [1.82, 2.24) is 44.1 Å². The summed E-state index contributed by atoms with van der Waals surface area (Å²) in [5, 5.41) is 4.76. The van der Waals surface area contributed by atoms with Gasteiger partial charge in [-0.15, -0.1) is 0 Å². The number of nitrogens with two attached hydrogens (primary N) is 1. The number of hydrogen-bond acceptors (Lipinski definition) is 17. The van der Waals surface area contributed by atoms with E-state index in [0.29, 0.717) is 24.3 Å². The van der Waals surface area contributed by atoms with Gasteiger partial charge in [0, 0.05) is 136 Å². The molecule has 5 aromatic heterocycles. The fraction of sp³-hybridized carbons (Fsp3) is 0.407. The Morgan fingerprint density at radius 1 is 0.524 bits per heavy atom. The zero-order valence-electron chi connectivity index (χ0n) is 60.2. The van der Waals surface area contributed by atoms with Gasteiger partial charge in [0.15, 0.2) is 0 Å². The number of nitrogens with zero attached hydrogens (tertiary/aromatic N) is 12. The van der Waals surface area contributed by atoms with E-state index in [1.165, 1.54) is 49.7 Å². The number of fused-ring (bicyclic) bond motifs is 4. The molecule has 14 rings (SSSR count). The Balaban J connectivity index is 0.000000151. The topological polar surface area (TPSA) is 210 Å². The first-order chi connectivity index (χ1) is 49.7. The Labute approximate surface area is 609 Å². The van der Waals surface area contributed by atoms with Crippen LogP contribution in [0.5, 0.6) is 0 Å². The summed E-state index contributed by atoms with van der Waals surface area (Å²) in [6.07, 6.45) is 20.2. The molecule has 4 fully saturated rings. The van der Waals surface area contributed by atoms with Crippen LogP contribution in [0, 0.1) is 11.8 Å². The van der Waals surface area contributed by atoms with E-state index in [1.54, 1.807) is 65.9 Å². The van der Waals surface area contributed by atoms with Gasteiger partial charge in [0.2, 0.25) is 0 Å². The van der Waals surface area contributed by atoms with Crippen LogP contribution >= 0.6 is 11.6 Å². The molecule has 5 aliphatic rings. The molecule has 9 aromatic rings. The minimum Gasteiger partial charge on any atom is -0.445 e. The van der Waals surface area contributed by atoms with Crippen molar-refractivity contribution in [1.29, 1.82) is 0 Å². The molecule has 540 valence electrons. The van der Waals surface area contributed by atoms with Gasteiger partial charge in [-0.25, -0.2) is 39.1 Å². The van der Waals surface area contributed by atoms with Crippen LogP contribution in [0.2, 0.25) is 5.15 Å². The number of pyridine rings is 4. The monoisotopic (exact) mass is 1410 g/mol. The van der Waals surface area contributed by atoms with Gasteiger partial charge < -0.3 is 44.3 Å². The molecular formula is C81H96ClN13O8. The first kappa shape index (κ1) is 72.9. The van der Waals surface area contributed by atoms with Crippen molar-refractivity contribution in [3.8, 4) is 5.82 Å². The van der Waals surface area contributed by atoms with Crippen molar-refractivity contribution in [3.63, 3.8) is 0 Å². The maximum absolute atomic E-state index is 12.8. The van der Waals surface area contributed by atoms with Crippen molar-refractivity contribution in [2.75, 3.05) is 112 Å². The quantitative estimate of drug-likeness (QED) is 0.0609. The van der Waals surface area contributed by atoms with Crippen LogP contribution in [0.3, 0.4) is 0 Å². The highest BCUT2D eigenvalue weighted by Gasteiger charge is 2.35. The zero-order valence-corrected chi connectivity index (χ0v) is 60.9. The van der Waals surface area contributed by atoms with Crippen molar-refractivity contribution in [2.24, 2.45) is 11.8 Å². The number of piperazine rings is 2. The molecule has 2 N–H and O–H groups in total. The van der Waals surface area contributed by atoms with Gasteiger partial charge in [-0.05, 0) is 176 Å². The summed E-state index contributed by atoms with van der Waals surface area (Å²) in [7, 11) is 0. The van der Waals surface area contributed by atoms with Crippen molar-refractivity contribution in [2.45, 2.75) is 111 Å². The number of rotatable bonds is 14. The lowest BCUT2D eigenvalue weighted by Gasteiger charge is -2.36. The number of halogens is 1. The second-order valence-electron chi connectivity index (χ2n) is 29.2. The summed E-state index contributed by atoms with van der Waals surface area (Å²) >= 11 is 6.01. The van der Waals surface area contributed by atoms with Gasteiger partial charge in [0.1, 0.15) is 47.0 Å². The molecule has 0 saturated carbocycles. The smallest absolute Gasteiger partial charge is 0.424 e. The van der Waals surface area contributed by atoms with Gasteiger partial charge in [-0.3, -0.25) is 14.4 Å². The van der Waals surface area contributed by atoms with Crippen LogP contribution in [-0.2, 0) is 38.6 Å². The van der Waals surface area contributed by atoms with Crippen molar-refractivity contribution >= 4 is 97.5 Å². The molecule has 22 heteroatoms. The minimum absolute atomic E-state index is 0.193. The summed E-state index contributed by atoms with van der Waals surface area (Å²) < 4.78 is 23.9. The van der Waals surface area contributed by atoms with Gasteiger partial charge in [-0.1, -0.05) is 109 Å². The Morgan fingerprint density at radius 2 is 1.03 bits per heavy atom. The van der Waals surface area contributed by atoms with Crippen LogP contribution in [0.15, 0.2) is 164 Å². The standard InChI is InChI=1S/C35H39N7O2.C27H34N4O2.C19H23ClN2O4/c36-31-8-4-7-29-23-37-34(22-30(29)31)42-16-12-28-21-33(38-24-32(28)42)40-14-10-26(11-15-40)9-13-39-17-19-41(20-18-39)35(43)44-25-27-5-2-1-3-6-27;32-27(33-21-23-5-2-1-3-6-23)31-17-15-29(16-18-31)12-9-22-10-13-30(14-11-22)26-19-24-7-4-8-25(24)20-28-26;1-18(2,3)25-16(23)22(17(24)26-19(4,5)6)14-9-7-8-12-11-21-15(20)10-13(12)14/h1-8,12,16,21-24,26H,9-11,13-15,17-20,25,36H2;1-7,19-20,22H,8-18,21H2;7-11H,1-6H3. The van der Waals surface area contributed by atoms with E-state index >= 15 is 0 Å². The third kappa shape index (κ3) is 19.7. The molecule has 4 saturated heterocycles. The van der Waals surface area contributed by atoms with E-state index < -0.39 is 23.4 Å². The molecular weight excluding hydrogens is 1320 g/mol. The Bertz CT molecular complexity index is 4370. The third-order valence-corrected chi connectivity index (χ3v) is 19.8. The largest absolute Gasteiger partial charge is 0.445 e. The van der Waals surface area contributed by atoms with E-state index in [2.05, 4.69) is 70.7 Å². The molecule has 103 heavy (non-hydrogen) atoms. The van der Waals surface area contributed by atoms with Gasteiger partial charge in [-0.2, -0.15) is 4.90 Å². The highest BCUT2D eigenvalue weighted by molar-refractivity contribution is 6.30. The highest BCUT2D eigenvalue weighted by Crippen LogP contribution is 2.34. The molecule has 4 aromatic carbocycles. The summed E-state index contributed by atoms with van der Waals surface area (Å²) in [5.41, 5.74) is 11.5. The first-order valence-electron chi connectivity index (χ1n) is 36.2. The predicted molar refractivity (Wildman–Crippen MR) is 408 cm³/mol. The van der Waals surface area contributed by atoms with E-state index in [1.807, 2.05) is 119 Å². The van der Waals surface area contributed by atoms with E-state index in [0.717, 1.165) is 176 Å². The SMILES string of the molecule is CC(C)(C)OC(=O)N(C(=O)OC(C)(C)C)c1cccc2cnc(Cl)cc12.Nc1cccc2cnc(-n3ccc4cc(N5CCC(CCN6CCN(C(=O)OCc7ccccc7)CC6)CC5)ncc43)cc12.O=C(OCc1ccccc1)N1CCN(CCC2CCN(c3cc4c(cn3)CC=C4)CC2)CC1. The number of carbonyl (C=O) groups is 4. The lowest BCUT2D eigenvalue weighted by atomic mass is 9.93. The highest BCUT2D eigenvalue weighted by atomic mass is 35.5. The molecule has 0 atom stereocenters. The number of nitrogen functional groups attached to an aromatic ring is 1. The lowest BCUT2D eigenvalue weighted by molar-refractivity contribution is 0.0430. The lowest BCUT2D eigenvalue weighted by Crippen LogP contribution is -2.49. The fourth-order valence-electron chi connectivity index (χ4n) is 13.8. The van der Waals surface area contributed by atoms with E-state index in [9.17, 15) is 19.2 Å². The molecule has 0 spiro atoms. The average Bonchev–Trinajstić information content (AvgIpc) is 1.76. The summed E-state index contributed by atoms with van der Waals surface area (Å²) in [6, 6.07) is 41.0. The number of allylic oxidation sites excluding steroid dienone is 1. The molecule has 4 amide bonds. The predicted octanol–water partition coefficient (Wildman–Crippen LogP) is 15.5. The Morgan fingerprint density at radius 3 is 1.58 bits per heavy atom. The summed E-state index contributed by atoms with van der Waals surface area (Å²) in [5.74, 6) is 4.51. The van der Waals surface area contributed by atoms with E-state index in [-0.39, 0.29) is 17.3 Å². The minimum atomic E-state index is -0.827. The van der Waals surface area contributed by atoms with Crippen LogP contribution in [0.1, 0.15) is 102 Å². The molecule has 9 heterocycles. The van der Waals surface area contributed by atoms with Crippen LogP contribution < -0.4 is 20.4 Å². The fourth-order valence-corrected chi connectivity index (χ4v) is 13.9. The molecule has 21 nitrogen and oxygen atoms in total. The van der Waals surface area contributed by atoms with Crippen molar-refractivity contribution in [3.05, 3.63) is 192 Å². The maximum Gasteiger partial charge on any atom is 0.424 e. The number of imide groups is 1. The number of benzene rings is 4. The normalized spacial score (nSPS) is 16.2. The van der Waals surface area contributed by atoms with Crippen LogP contribution in [-0.4, -0.2) is 171 Å². The van der Waals surface area contributed by atoms with Crippen molar-refractivity contribution < 1.29 is 38.1 Å². The average molecular weight is 1420 g/mol. The maximum atomic E-state index is 12.8. The number of hydrogen-bond donors (Lipinski definition) is 1. The zero-order chi connectivity index (χ0) is 72.0. The summed E-state index contributed by atoms with van der Waals surface area (Å²) in [4.78, 5) is 83.1. The first-order valence-corrected chi connectivity index (χ1v) is 36.5. The van der Waals surface area contributed by atoms with Gasteiger partial charge in [0.25, 0.3) is 0 Å². The number of piperidine rings is 2. The number of anilines is 4. The number of carbonyl (C=O) groups excluding carboxylic acids is 4. The molecule has 0 radical (unpaired) electrons. The van der Waals surface area contributed by atoms with Gasteiger partial charge >= 0.3 is 24.4 Å². The number of amides is 4. The van der Waals surface area contributed by atoms with Crippen LogP contribution in [0.25, 0.3) is 44.3 Å². The second kappa shape index (κ2) is 33.5. The van der Waals surface area contributed by atoms with E-state index in [4.69, 9.17) is 46.3 Å². The molecule has 0 bridgehead atoms. The second-order valence-corrected chi connectivity index (χ2v) is 29.6. The molecule has 0 unspecified atom stereocenters. The third-order valence-electron chi connectivity index (χ3n) is 19.6. The molecule has 4 aliphatic heterocycles. The number of ether oxygens (including phenoxy) is 4. The Kier molecular flexibility index (Phi) is 23.7. The molecule has 1 aliphatic carbocycles.